The summed E-state index contributed by atoms with van der Waals surface area (Å²) in [6.45, 7) is 0.811. The van der Waals surface area contributed by atoms with Gasteiger partial charge in [0.15, 0.2) is 12.4 Å². The normalized spacial score (nSPS) is 11.3. The molecule has 0 saturated heterocycles. The quantitative estimate of drug-likeness (QED) is 0.432. The molecule has 1 atom stereocenters. The number of carbonyl (C=O) groups is 3. The van der Waals surface area contributed by atoms with Gasteiger partial charge in [-0.15, -0.1) is 0 Å². The Morgan fingerprint density at radius 3 is 2.26 bits per heavy atom. The highest BCUT2D eigenvalue weighted by molar-refractivity contribution is 5.92. The monoisotopic (exact) mass is 370 g/mol. The van der Waals surface area contributed by atoms with Gasteiger partial charge in [0.05, 0.1) is 16.5 Å². The van der Waals surface area contributed by atoms with Gasteiger partial charge in [-0.1, -0.05) is 30.3 Å². The minimum absolute atomic E-state index is 0.0841. The Kier molecular flexibility index (Phi) is 6.76. The second-order valence-electron chi connectivity index (χ2n) is 5.80. The maximum absolute atomic E-state index is 12.0. The zero-order valence-corrected chi connectivity index (χ0v) is 14.6. The van der Waals surface area contributed by atoms with Crippen LogP contribution in [0, 0.1) is 10.1 Å². The molecule has 8 heteroatoms. The zero-order chi connectivity index (χ0) is 19.8. The van der Waals surface area contributed by atoms with Gasteiger partial charge in [0.2, 0.25) is 0 Å². The van der Waals surface area contributed by atoms with Crippen LogP contribution in [-0.2, 0) is 20.7 Å². The van der Waals surface area contributed by atoms with E-state index in [4.69, 9.17) is 4.74 Å². The third kappa shape index (κ3) is 6.03. The van der Waals surface area contributed by atoms with Gasteiger partial charge in [0.1, 0.15) is 0 Å². The van der Waals surface area contributed by atoms with Crippen LogP contribution in [0.5, 0.6) is 0 Å². The summed E-state index contributed by atoms with van der Waals surface area (Å²) < 4.78 is 4.89. The van der Waals surface area contributed by atoms with E-state index < -0.39 is 29.4 Å². The lowest BCUT2D eigenvalue weighted by molar-refractivity contribution is -0.384. The van der Waals surface area contributed by atoms with E-state index in [0.29, 0.717) is 6.42 Å². The van der Waals surface area contributed by atoms with Crippen LogP contribution in [0.3, 0.4) is 0 Å². The molecule has 2 aromatic carbocycles. The molecule has 0 saturated carbocycles. The molecule has 0 aromatic heterocycles. The maximum atomic E-state index is 12.0. The molecule has 1 amide bonds. The van der Waals surface area contributed by atoms with Crippen molar-refractivity contribution in [2.45, 2.75) is 19.4 Å². The average Bonchev–Trinajstić information content (AvgIpc) is 2.66. The number of nitrogens with zero attached hydrogens (tertiary/aromatic N) is 1. The molecule has 0 unspecified atom stereocenters. The lowest BCUT2D eigenvalue weighted by atomic mass is 10.0. The molecule has 0 fully saturated rings. The second-order valence-corrected chi connectivity index (χ2v) is 5.80. The fraction of sp³-hybridized carbons (Fsp3) is 0.211. The van der Waals surface area contributed by atoms with Crippen molar-refractivity contribution in [3.8, 4) is 0 Å². The molecule has 2 rings (SSSR count). The molecule has 140 valence electrons. The van der Waals surface area contributed by atoms with Gasteiger partial charge in [-0.2, -0.15) is 0 Å². The lowest BCUT2D eigenvalue weighted by Gasteiger charge is -2.16. The van der Waals surface area contributed by atoms with Crippen molar-refractivity contribution >= 4 is 23.3 Å². The number of rotatable bonds is 8. The summed E-state index contributed by atoms with van der Waals surface area (Å²) in [5.74, 6) is -1.61. The van der Waals surface area contributed by atoms with Crippen molar-refractivity contribution in [2.75, 3.05) is 6.61 Å². The zero-order valence-electron chi connectivity index (χ0n) is 14.6. The van der Waals surface area contributed by atoms with Gasteiger partial charge in [-0.3, -0.25) is 19.7 Å². The summed E-state index contributed by atoms with van der Waals surface area (Å²) in [7, 11) is 0. The molecule has 0 radical (unpaired) electrons. The number of amides is 1. The highest BCUT2D eigenvalue weighted by atomic mass is 16.6. The molecule has 0 aliphatic carbocycles. The van der Waals surface area contributed by atoms with Crippen molar-refractivity contribution in [2.24, 2.45) is 0 Å². The minimum atomic E-state index is -0.789. The highest BCUT2D eigenvalue weighted by Gasteiger charge is 2.19. The Balaban J connectivity index is 1.88. The highest BCUT2D eigenvalue weighted by Crippen LogP contribution is 2.12. The molecule has 0 aliphatic heterocycles. The van der Waals surface area contributed by atoms with Gasteiger partial charge in [-0.25, -0.2) is 4.79 Å². The summed E-state index contributed by atoms with van der Waals surface area (Å²) in [5, 5.41) is 13.1. The smallest absolute Gasteiger partial charge is 0.338 e. The van der Waals surface area contributed by atoms with E-state index in [1.807, 2.05) is 30.3 Å². The Morgan fingerprint density at radius 2 is 1.70 bits per heavy atom. The molecule has 27 heavy (non-hydrogen) atoms. The minimum Gasteiger partial charge on any atom is -0.452 e. The van der Waals surface area contributed by atoms with E-state index in [1.165, 1.54) is 31.2 Å². The summed E-state index contributed by atoms with van der Waals surface area (Å²) >= 11 is 0. The van der Waals surface area contributed by atoms with Crippen molar-refractivity contribution in [3.63, 3.8) is 0 Å². The van der Waals surface area contributed by atoms with Crippen molar-refractivity contribution in [1.29, 1.82) is 0 Å². The van der Waals surface area contributed by atoms with Crippen LogP contribution in [0.15, 0.2) is 54.6 Å². The fourth-order valence-corrected chi connectivity index (χ4v) is 2.32. The molecular formula is C19H18N2O6. The Bertz CT molecular complexity index is 833. The average molecular weight is 370 g/mol. The van der Waals surface area contributed by atoms with Crippen molar-refractivity contribution in [3.05, 3.63) is 75.8 Å². The molecule has 2 aromatic rings. The standard InChI is InChI=1S/C19H18N2O6/c1-13(22)17(11-14-5-3-2-4-6-14)20-18(23)12-27-19(24)15-7-9-16(10-8-15)21(25)26/h2-10,17H,11-12H2,1H3,(H,20,23)/t17-/m0/s1. The molecule has 1 N–H and O–H groups in total. The van der Waals surface area contributed by atoms with Crippen LogP contribution >= 0.6 is 0 Å². The Labute approximate surface area is 155 Å². The Morgan fingerprint density at radius 1 is 1.07 bits per heavy atom. The predicted molar refractivity (Wildman–Crippen MR) is 96.1 cm³/mol. The number of ketones is 1. The molecule has 0 heterocycles. The van der Waals surface area contributed by atoms with E-state index in [9.17, 15) is 24.5 Å². The maximum Gasteiger partial charge on any atom is 0.338 e. The summed E-state index contributed by atoms with van der Waals surface area (Å²) in [6, 6.07) is 13.3. The Hall–Kier alpha value is -3.55. The summed E-state index contributed by atoms with van der Waals surface area (Å²) in [6.07, 6.45) is 0.332. The van der Waals surface area contributed by atoms with Gasteiger partial charge in [0, 0.05) is 12.1 Å². The third-order valence-electron chi connectivity index (χ3n) is 3.76. The van der Waals surface area contributed by atoms with Gasteiger partial charge >= 0.3 is 5.97 Å². The number of Topliss-reactive ketones (excluding diaryl/α,β-unsaturated/α-hetero) is 1. The number of nitrogens with one attached hydrogen (secondary N) is 1. The number of nitro benzene ring substituents is 1. The first-order valence-electron chi connectivity index (χ1n) is 8.12. The largest absolute Gasteiger partial charge is 0.452 e. The molecule has 8 nitrogen and oxygen atoms in total. The van der Waals surface area contributed by atoms with Crippen LogP contribution in [0.25, 0.3) is 0 Å². The number of esters is 1. The topological polar surface area (TPSA) is 116 Å². The van der Waals surface area contributed by atoms with E-state index in [1.54, 1.807) is 0 Å². The number of benzene rings is 2. The molecule has 0 aliphatic rings. The molecule has 0 bridgehead atoms. The van der Waals surface area contributed by atoms with E-state index in [-0.39, 0.29) is 17.0 Å². The number of carbonyl (C=O) groups excluding carboxylic acids is 3. The predicted octanol–water partition coefficient (Wildman–Crippen LogP) is 2.07. The van der Waals surface area contributed by atoms with E-state index in [2.05, 4.69) is 5.32 Å². The number of nitro groups is 1. The third-order valence-corrected chi connectivity index (χ3v) is 3.76. The van der Waals surface area contributed by atoms with E-state index >= 15 is 0 Å². The number of non-ortho nitro benzene ring substituents is 1. The SMILES string of the molecule is CC(=O)[C@H](Cc1ccccc1)NC(=O)COC(=O)c1ccc([N+](=O)[O-])cc1. The second kappa shape index (κ2) is 9.23. The van der Waals surface area contributed by atoms with Gasteiger partial charge in [-0.05, 0) is 31.0 Å². The van der Waals surface area contributed by atoms with Crippen molar-refractivity contribution in [1.82, 2.24) is 5.32 Å². The van der Waals surface area contributed by atoms with Crippen molar-refractivity contribution < 1.29 is 24.0 Å². The van der Waals surface area contributed by atoms with Gasteiger partial charge in [0.25, 0.3) is 11.6 Å². The summed E-state index contributed by atoms with van der Waals surface area (Å²) in [4.78, 5) is 45.7. The van der Waals surface area contributed by atoms with Crippen LogP contribution in [0.2, 0.25) is 0 Å². The lowest BCUT2D eigenvalue weighted by Crippen LogP contribution is -2.43. The van der Waals surface area contributed by atoms with Crippen LogP contribution in [0.1, 0.15) is 22.8 Å². The number of hydrogen-bond acceptors (Lipinski definition) is 6. The van der Waals surface area contributed by atoms with E-state index in [0.717, 1.165) is 5.56 Å². The number of hydrogen-bond donors (Lipinski definition) is 1. The fourth-order valence-electron chi connectivity index (χ4n) is 2.32. The molecular weight excluding hydrogens is 352 g/mol. The van der Waals surface area contributed by atoms with Crippen LogP contribution < -0.4 is 5.32 Å². The molecule has 0 spiro atoms. The summed E-state index contributed by atoms with van der Waals surface area (Å²) in [5.41, 5.74) is 0.816. The first-order chi connectivity index (χ1) is 12.9. The van der Waals surface area contributed by atoms with Gasteiger partial charge < -0.3 is 10.1 Å². The van der Waals surface area contributed by atoms with Crippen LogP contribution in [-0.4, -0.2) is 35.2 Å². The van der Waals surface area contributed by atoms with Crippen LogP contribution in [0.4, 0.5) is 5.69 Å². The number of ether oxygens (including phenoxy) is 1. The first kappa shape index (κ1) is 19.8. The first-order valence-corrected chi connectivity index (χ1v) is 8.12.